The molecule has 1 saturated heterocycles. The minimum absolute atomic E-state index is 0.00871. The number of ether oxygens (including phenoxy) is 1. The number of hydrogen-bond acceptors (Lipinski definition) is 4. The number of methoxy groups -OCH3 is 1. The molecule has 0 aromatic heterocycles. The molecule has 6 heteroatoms. The Morgan fingerprint density at radius 3 is 2.62 bits per heavy atom. The third kappa shape index (κ3) is 4.01. The quantitative estimate of drug-likeness (QED) is 0.850. The van der Waals surface area contributed by atoms with E-state index >= 15 is 0 Å². The topological polar surface area (TPSA) is 72.6 Å². The summed E-state index contributed by atoms with van der Waals surface area (Å²) in [5, 5.41) is 0. The molecule has 2 rings (SSSR count). The summed E-state index contributed by atoms with van der Waals surface area (Å²) in [5.74, 6) is -0.889. The van der Waals surface area contributed by atoms with E-state index in [0.717, 1.165) is 0 Å². The molecule has 1 amide bonds. The molecule has 1 aromatic carbocycles. The van der Waals surface area contributed by atoms with Gasteiger partial charge in [-0.2, -0.15) is 0 Å². The molecule has 0 spiro atoms. The zero-order valence-electron chi connectivity index (χ0n) is 11.9. The maximum atomic E-state index is 12.9. The molecule has 21 heavy (non-hydrogen) atoms. The lowest BCUT2D eigenvalue weighted by Crippen LogP contribution is -2.49. The van der Waals surface area contributed by atoms with Gasteiger partial charge in [-0.1, -0.05) is 0 Å². The Hall–Kier alpha value is -1.95. The predicted octanol–water partition coefficient (Wildman–Crippen LogP) is 1.18. The monoisotopic (exact) mass is 294 g/mol. The number of nitrogens with two attached hydrogens (primary N) is 1. The smallest absolute Gasteiger partial charge is 0.305 e. The Balaban J connectivity index is 2.06. The first-order valence-electron chi connectivity index (χ1n) is 6.87. The van der Waals surface area contributed by atoms with Gasteiger partial charge in [0.15, 0.2) is 0 Å². The van der Waals surface area contributed by atoms with E-state index in [1.807, 2.05) is 0 Å². The molecular weight excluding hydrogens is 275 g/mol. The van der Waals surface area contributed by atoms with E-state index in [4.69, 9.17) is 5.73 Å². The minimum Gasteiger partial charge on any atom is -0.469 e. The standard InChI is InChI=1S/C15H19FN2O3/c1-21-14(19)7-10-6-13(17)9-18(8-10)15(20)11-2-4-12(16)5-3-11/h2-5,10,13H,6-9,17H2,1H3. The van der Waals surface area contributed by atoms with Gasteiger partial charge in [0.2, 0.25) is 0 Å². The summed E-state index contributed by atoms with van der Waals surface area (Å²) in [7, 11) is 1.34. The number of carbonyl (C=O) groups is 2. The van der Waals surface area contributed by atoms with Crippen molar-refractivity contribution in [1.29, 1.82) is 0 Å². The fourth-order valence-electron chi connectivity index (χ4n) is 2.65. The van der Waals surface area contributed by atoms with Crippen molar-refractivity contribution in [1.82, 2.24) is 4.90 Å². The van der Waals surface area contributed by atoms with Crippen LogP contribution in [0.15, 0.2) is 24.3 Å². The van der Waals surface area contributed by atoms with Crippen LogP contribution in [0.2, 0.25) is 0 Å². The van der Waals surface area contributed by atoms with Crippen LogP contribution in [0.5, 0.6) is 0 Å². The third-order valence-electron chi connectivity index (χ3n) is 3.63. The van der Waals surface area contributed by atoms with E-state index in [-0.39, 0.29) is 36.1 Å². The van der Waals surface area contributed by atoms with Crippen LogP contribution in [0, 0.1) is 11.7 Å². The van der Waals surface area contributed by atoms with Crippen LogP contribution in [0.4, 0.5) is 4.39 Å². The summed E-state index contributed by atoms with van der Waals surface area (Å²) >= 11 is 0. The van der Waals surface area contributed by atoms with Crippen molar-refractivity contribution in [3.8, 4) is 0 Å². The van der Waals surface area contributed by atoms with E-state index in [1.165, 1.54) is 31.4 Å². The maximum Gasteiger partial charge on any atom is 0.305 e. The van der Waals surface area contributed by atoms with Crippen LogP contribution >= 0.6 is 0 Å². The lowest BCUT2D eigenvalue weighted by Gasteiger charge is -2.36. The molecule has 1 aliphatic rings. The van der Waals surface area contributed by atoms with E-state index in [0.29, 0.717) is 25.1 Å². The molecule has 2 atom stereocenters. The van der Waals surface area contributed by atoms with Gasteiger partial charge in [0.1, 0.15) is 5.82 Å². The molecular formula is C15H19FN2O3. The van der Waals surface area contributed by atoms with Crippen molar-refractivity contribution in [2.24, 2.45) is 11.7 Å². The van der Waals surface area contributed by atoms with Gasteiger partial charge in [0.05, 0.1) is 13.5 Å². The van der Waals surface area contributed by atoms with Crippen LogP contribution in [0.1, 0.15) is 23.2 Å². The highest BCUT2D eigenvalue weighted by molar-refractivity contribution is 5.94. The molecule has 2 N–H and O–H groups in total. The average molecular weight is 294 g/mol. The van der Waals surface area contributed by atoms with Gasteiger partial charge in [0, 0.05) is 24.7 Å². The van der Waals surface area contributed by atoms with Gasteiger partial charge in [-0.3, -0.25) is 9.59 Å². The van der Waals surface area contributed by atoms with E-state index in [2.05, 4.69) is 4.74 Å². The summed E-state index contributed by atoms with van der Waals surface area (Å²) in [4.78, 5) is 25.4. The number of benzene rings is 1. The number of carbonyl (C=O) groups excluding carboxylic acids is 2. The van der Waals surface area contributed by atoms with E-state index in [1.54, 1.807) is 4.90 Å². The Bertz CT molecular complexity index is 518. The van der Waals surface area contributed by atoms with Gasteiger partial charge < -0.3 is 15.4 Å². The van der Waals surface area contributed by atoms with E-state index in [9.17, 15) is 14.0 Å². The highest BCUT2D eigenvalue weighted by Gasteiger charge is 2.30. The van der Waals surface area contributed by atoms with Gasteiger partial charge >= 0.3 is 5.97 Å². The van der Waals surface area contributed by atoms with Gasteiger partial charge in [-0.15, -0.1) is 0 Å². The van der Waals surface area contributed by atoms with Crippen molar-refractivity contribution in [2.75, 3.05) is 20.2 Å². The van der Waals surface area contributed by atoms with E-state index < -0.39 is 0 Å². The molecule has 5 nitrogen and oxygen atoms in total. The van der Waals surface area contributed by atoms with Crippen molar-refractivity contribution < 1.29 is 18.7 Å². The number of nitrogens with zero attached hydrogens (tertiary/aromatic N) is 1. The first-order valence-corrected chi connectivity index (χ1v) is 6.87. The second-order valence-electron chi connectivity index (χ2n) is 5.36. The van der Waals surface area contributed by atoms with Gasteiger partial charge in [0.25, 0.3) is 5.91 Å². The Labute approximate surface area is 122 Å². The molecule has 1 aromatic rings. The number of rotatable bonds is 3. The molecule has 1 heterocycles. The van der Waals surface area contributed by atoms with Crippen molar-refractivity contribution in [3.63, 3.8) is 0 Å². The van der Waals surface area contributed by atoms with Crippen molar-refractivity contribution in [2.45, 2.75) is 18.9 Å². The first-order chi connectivity index (χ1) is 9.99. The molecule has 1 fully saturated rings. The highest BCUT2D eigenvalue weighted by Crippen LogP contribution is 2.21. The zero-order chi connectivity index (χ0) is 15.4. The number of piperidine rings is 1. The minimum atomic E-state index is -0.384. The second-order valence-corrected chi connectivity index (χ2v) is 5.36. The van der Waals surface area contributed by atoms with Crippen LogP contribution in [0.3, 0.4) is 0 Å². The maximum absolute atomic E-state index is 12.9. The molecule has 114 valence electrons. The highest BCUT2D eigenvalue weighted by atomic mass is 19.1. The van der Waals surface area contributed by atoms with Crippen LogP contribution in [-0.4, -0.2) is 43.0 Å². The molecule has 1 aliphatic heterocycles. The third-order valence-corrected chi connectivity index (χ3v) is 3.63. The van der Waals surface area contributed by atoms with Crippen LogP contribution in [-0.2, 0) is 9.53 Å². The normalized spacial score (nSPS) is 22.0. The van der Waals surface area contributed by atoms with Crippen molar-refractivity contribution in [3.05, 3.63) is 35.6 Å². The Kier molecular flexibility index (Phi) is 4.90. The Morgan fingerprint density at radius 1 is 1.33 bits per heavy atom. The summed E-state index contributed by atoms with van der Waals surface area (Å²) in [6, 6.07) is 5.24. The zero-order valence-corrected chi connectivity index (χ0v) is 11.9. The summed E-state index contributed by atoms with van der Waals surface area (Å²) in [5.41, 5.74) is 6.39. The summed E-state index contributed by atoms with van der Waals surface area (Å²) in [6.07, 6.45) is 0.930. The van der Waals surface area contributed by atoms with Crippen LogP contribution < -0.4 is 5.73 Å². The van der Waals surface area contributed by atoms with Gasteiger partial charge in [-0.05, 0) is 36.6 Å². The SMILES string of the molecule is COC(=O)CC1CC(N)CN(C(=O)c2ccc(F)cc2)C1. The molecule has 0 aliphatic carbocycles. The fourth-order valence-corrected chi connectivity index (χ4v) is 2.65. The lowest BCUT2D eigenvalue weighted by atomic mass is 9.91. The molecule has 0 bridgehead atoms. The first kappa shape index (κ1) is 15.4. The predicted molar refractivity (Wildman–Crippen MR) is 75.0 cm³/mol. The largest absolute Gasteiger partial charge is 0.469 e. The number of amides is 1. The molecule has 0 saturated carbocycles. The van der Waals surface area contributed by atoms with Crippen molar-refractivity contribution >= 4 is 11.9 Å². The van der Waals surface area contributed by atoms with Gasteiger partial charge in [-0.25, -0.2) is 4.39 Å². The average Bonchev–Trinajstić information content (AvgIpc) is 2.46. The lowest BCUT2D eigenvalue weighted by molar-refractivity contribution is -0.142. The van der Waals surface area contributed by atoms with Crippen LogP contribution in [0.25, 0.3) is 0 Å². The summed E-state index contributed by atoms with van der Waals surface area (Å²) in [6.45, 7) is 0.896. The Morgan fingerprint density at radius 2 is 2.00 bits per heavy atom. The number of halogens is 1. The molecule has 0 radical (unpaired) electrons. The number of likely N-dealkylation sites (tertiary alicyclic amines) is 1. The second kappa shape index (κ2) is 6.67. The fraction of sp³-hybridized carbons (Fsp3) is 0.467. The number of esters is 1. The summed E-state index contributed by atoms with van der Waals surface area (Å²) < 4.78 is 17.6. The number of hydrogen-bond donors (Lipinski definition) is 1. The molecule has 2 unspecified atom stereocenters.